The largest absolute Gasteiger partial charge is 0.507 e. The van der Waals surface area contributed by atoms with Crippen molar-refractivity contribution < 1.29 is 28.9 Å². The SMILES string of the molecule is COc1ccc(NC(=O)[C@@H](C)OC(=O)c2cc(C)ccc2O)cc1OC. The lowest BCUT2D eigenvalue weighted by molar-refractivity contribution is -0.123. The quantitative estimate of drug-likeness (QED) is 0.770. The van der Waals surface area contributed by atoms with Gasteiger partial charge in [-0.05, 0) is 38.1 Å². The lowest BCUT2D eigenvalue weighted by Gasteiger charge is -2.15. The van der Waals surface area contributed by atoms with Gasteiger partial charge in [0.05, 0.1) is 14.2 Å². The number of aryl methyl sites for hydroxylation is 1. The topological polar surface area (TPSA) is 94.1 Å². The number of phenols is 1. The first kappa shape index (κ1) is 19.1. The molecule has 0 spiro atoms. The van der Waals surface area contributed by atoms with Crippen molar-refractivity contribution >= 4 is 17.6 Å². The molecule has 0 fully saturated rings. The maximum atomic E-state index is 12.3. The van der Waals surface area contributed by atoms with Gasteiger partial charge < -0.3 is 24.6 Å². The Bertz CT molecular complexity index is 818. The Morgan fingerprint density at radius 1 is 1.04 bits per heavy atom. The van der Waals surface area contributed by atoms with Crippen LogP contribution in [-0.4, -0.2) is 37.3 Å². The molecular formula is C19H21NO6. The Kier molecular flexibility index (Phi) is 6.06. The third kappa shape index (κ3) is 4.44. The Morgan fingerprint density at radius 3 is 2.38 bits per heavy atom. The van der Waals surface area contributed by atoms with Crippen LogP contribution in [0.1, 0.15) is 22.8 Å². The van der Waals surface area contributed by atoms with Crippen LogP contribution >= 0.6 is 0 Å². The molecule has 0 aliphatic carbocycles. The summed E-state index contributed by atoms with van der Waals surface area (Å²) in [6.07, 6.45) is -1.06. The Hall–Kier alpha value is -3.22. The van der Waals surface area contributed by atoms with E-state index in [2.05, 4.69) is 5.32 Å². The van der Waals surface area contributed by atoms with E-state index in [4.69, 9.17) is 14.2 Å². The number of rotatable bonds is 6. The summed E-state index contributed by atoms with van der Waals surface area (Å²) in [7, 11) is 3.00. The highest BCUT2D eigenvalue weighted by Crippen LogP contribution is 2.29. The van der Waals surface area contributed by atoms with Gasteiger partial charge in [0.1, 0.15) is 11.3 Å². The zero-order valence-corrected chi connectivity index (χ0v) is 15.0. The van der Waals surface area contributed by atoms with Crippen molar-refractivity contribution in [1.29, 1.82) is 0 Å². The summed E-state index contributed by atoms with van der Waals surface area (Å²) in [4.78, 5) is 24.4. The standard InChI is InChI=1S/C19H21NO6/c1-11-5-7-15(21)14(9-11)19(23)26-12(2)18(22)20-13-6-8-16(24-3)17(10-13)25-4/h5-10,12,21H,1-4H3,(H,20,22)/t12-/m1/s1. The number of nitrogens with one attached hydrogen (secondary N) is 1. The van der Waals surface area contributed by atoms with Gasteiger partial charge in [-0.2, -0.15) is 0 Å². The van der Waals surface area contributed by atoms with Gasteiger partial charge in [0.2, 0.25) is 0 Å². The zero-order chi connectivity index (χ0) is 19.3. The molecule has 138 valence electrons. The second-order valence-corrected chi connectivity index (χ2v) is 5.63. The van der Waals surface area contributed by atoms with E-state index < -0.39 is 18.0 Å². The van der Waals surface area contributed by atoms with Gasteiger partial charge in [0, 0.05) is 11.8 Å². The number of amides is 1. The fourth-order valence-corrected chi connectivity index (χ4v) is 2.25. The van der Waals surface area contributed by atoms with Gasteiger partial charge in [0.25, 0.3) is 5.91 Å². The van der Waals surface area contributed by atoms with Crippen LogP contribution in [-0.2, 0) is 9.53 Å². The molecule has 1 atom stereocenters. The average molecular weight is 359 g/mol. The van der Waals surface area contributed by atoms with Crippen LogP contribution in [0.15, 0.2) is 36.4 Å². The van der Waals surface area contributed by atoms with Gasteiger partial charge >= 0.3 is 5.97 Å². The Morgan fingerprint density at radius 2 is 1.73 bits per heavy atom. The summed E-state index contributed by atoms with van der Waals surface area (Å²) in [6, 6.07) is 9.45. The van der Waals surface area contributed by atoms with E-state index in [9.17, 15) is 14.7 Å². The number of anilines is 1. The molecule has 0 saturated carbocycles. The highest BCUT2D eigenvalue weighted by molar-refractivity contribution is 5.98. The molecule has 0 aliphatic rings. The van der Waals surface area contributed by atoms with Crippen molar-refractivity contribution in [3.63, 3.8) is 0 Å². The fraction of sp³-hybridized carbons (Fsp3) is 0.263. The van der Waals surface area contributed by atoms with Gasteiger partial charge in [-0.15, -0.1) is 0 Å². The van der Waals surface area contributed by atoms with Crippen molar-refractivity contribution in [3.8, 4) is 17.2 Å². The number of ether oxygens (including phenoxy) is 3. The minimum Gasteiger partial charge on any atom is -0.507 e. The predicted molar refractivity (Wildman–Crippen MR) is 95.9 cm³/mol. The van der Waals surface area contributed by atoms with Crippen LogP contribution in [0.25, 0.3) is 0 Å². The van der Waals surface area contributed by atoms with Gasteiger partial charge in [-0.1, -0.05) is 11.6 Å². The lowest BCUT2D eigenvalue weighted by atomic mass is 10.1. The third-order valence-corrected chi connectivity index (χ3v) is 3.68. The van der Waals surface area contributed by atoms with E-state index in [1.54, 1.807) is 31.2 Å². The van der Waals surface area contributed by atoms with Crippen molar-refractivity contribution in [2.75, 3.05) is 19.5 Å². The van der Waals surface area contributed by atoms with Crippen LogP contribution in [0.5, 0.6) is 17.2 Å². The minimum atomic E-state index is -1.06. The van der Waals surface area contributed by atoms with Crippen LogP contribution in [0, 0.1) is 6.92 Å². The van der Waals surface area contributed by atoms with E-state index in [1.165, 1.54) is 33.3 Å². The summed E-state index contributed by atoms with van der Waals surface area (Å²) in [5.41, 5.74) is 1.27. The van der Waals surface area contributed by atoms with Crippen molar-refractivity contribution in [3.05, 3.63) is 47.5 Å². The Balaban J connectivity index is 2.05. The lowest BCUT2D eigenvalue weighted by Crippen LogP contribution is -2.30. The molecule has 1 amide bonds. The number of aromatic hydroxyl groups is 1. The first-order chi connectivity index (χ1) is 12.3. The highest BCUT2D eigenvalue weighted by Gasteiger charge is 2.21. The number of carbonyl (C=O) groups excluding carboxylic acids is 2. The van der Waals surface area contributed by atoms with Crippen molar-refractivity contribution in [2.45, 2.75) is 20.0 Å². The van der Waals surface area contributed by atoms with E-state index in [-0.39, 0.29) is 11.3 Å². The molecular weight excluding hydrogens is 338 g/mol. The normalized spacial score (nSPS) is 11.4. The molecule has 2 aromatic carbocycles. The molecule has 2 aromatic rings. The number of hydrogen-bond donors (Lipinski definition) is 2. The summed E-state index contributed by atoms with van der Waals surface area (Å²) in [6.45, 7) is 3.23. The maximum Gasteiger partial charge on any atom is 0.342 e. The molecule has 0 radical (unpaired) electrons. The van der Waals surface area contributed by atoms with E-state index in [0.717, 1.165) is 5.56 Å². The molecule has 0 heterocycles. The average Bonchev–Trinajstić information content (AvgIpc) is 2.63. The molecule has 0 unspecified atom stereocenters. The monoisotopic (exact) mass is 359 g/mol. The number of benzene rings is 2. The summed E-state index contributed by atoms with van der Waals surface area (Å²) in [5, 5.41) is 12.4. The van der Waals surface area contributed by atoms with Crippen LogP contribution in [0.3, 0.4) is 0 Å². The summed E-state index contributed by atoms with van der Waals surface area (Å²) < 4.78 is 15.5. The number of carbonyl (C=O) groups is 2. The van der Waals surface area contributed by atoms with Crippen molar-refractivity contribution in [1.82, 2.24) is 0 Å². The van der Waals surface area contributed by atoms with Crippen LogP contribution < -0.4 is 14.8 Å². The van der Waals surface area contributed by atoms with E-state index in [0.29, 0.717) is 17.2 Å². The maximum absolute atomic E-state index is 12.3. The zero-order valence-electron chi connectivity index (χ0n) is 15.0. The smallest absolute Gasteiger partial charge is 0.342 e. The second kappa shape index (κ2) is 8.24. The molecule has 0 aromatic heterocycles. The molecule has 0 aliphatic heterocycles. The van der Waals surface area contributed by atoms with E-state index >= 15 is 0 Å². The van der Waals surface area contributed by atoms with Gasteiger partial charge in [0.15, 0.2) is 17.6 Å². The molecule has 2 N–H and O–H groups in total. The fourth-order valence-electron chi connectivity index (χ4n) is 2.25. The molecule has 0 bridgehead atoms. The predicted octanol–water partition coefficient (Wildman–Crippen LogP) is 2.90. The van der Waals surface area contributed by atoms with Gasteiger partial charge in [-0.3, -0.25) is 4.79 Å². The number of phenolic OH excluding ortho intramolecular Hbond substituents is 1. The number of methoxy groups -OCH3 is 2. The highest BCUT2D eigenvalue weighted by atomic mass is 16.5. The van der Waals surface area contributed by atoms with Crippen molar-refractivity contribution in [2.24, 2.45) is 0 Å². The molecule has 2 rings (SSSR count). The molecule has 26 heavy (non-hydrogen) atoms. The van der Waals surface area contributed by atoms with E-state index in [1.807, 2.05) is 0 Å². The molecule has 7 nitrogen and oxygen atoms in total. The summed E-state index contributed by atoms with van der Waals surface area (Å²) >= 11 is 0. The Labute approximate surface area is 151 Å². The summed E-state index contributed by atoms with van der Waals surface area (Å²) in [5.74, 6) is -0.508. The third-order valence-electron chi connectivity index (χ3n) is 3.68. The molecule has 0 saturated heterocycles. The minimum absolute atomic E-state index is 0.00997. The number of hydrogen-bond acceptors (Lipinski definition) is 6. The number of esters is 1. The van der Waals surface area contributed by atoms with Crippen LogP contribution in [0.4, 0.5) is 5.69 Å². The first-order valence-electron chi connectivity index (χ1n) is 7.89. The molecule has 7 heteroatoms. The van der Waals surface area contributed by atoms with Crippen LogP contribution in [0.2, 0.25) is 0 Å². The van der Waals surface area contributed by atoms with Gasteiger partial charge in [-0.25, -0.2) is 4.79 Å². The first-order valence-corrected chi connectivity index (χ1v) is 7.89. The second-order valence-electron chi connectivity index (χ2n) is 5.63.